The van der Waals surface area contributed by atoms with Crippen LogP contribution in [0.1, 0.15) is 47.2 Å². The van der Waals surface area contributed by atoms with Crippen LogP contribution in [0, 0.1) is 6.92 Å². The summed E-state index contributed by atoms with van der Waals surface area (Å²) in [6.45, 7) is 3.71. The van der Waals surface area contributed by atoms with Crippen LogP contribution in [-0.4, -0.2) is 5.78 Å². The summed E-state index contributed by atoms with van der Waals surface area (Å²) in [5.74, 6) is 0.937. The number of carbonyl (C=O) groups excluding carboxylic acids is 1. The van der Waals surface area contributed by atoms with Crippen molar-refractivity contribution in [3.05, 3.63) is 34.9 Å². The predicted octanol–water partition coefficient (Wildman–Crippen LogP) is 3.08. The molecule has 0 heterocycles. The molecule has 0 radical (unpaired) electrons. The molecule has 1 heteroatoms. The molecule has 1 fully saturated rings. The van der Waals surface area contributed by atoms with E-state index < -0.39 is 0 Å². The van der Waals surface area contributed by atoms with E-state index in [1.54, 1.807) is 6.92 Å². The van der Waals surface area contributed by atoms with Gasteiger partial charge in [0.15, 0.2) is 5.78 Å². The topological polar surface area (TPSA) is 17.1 Å². The van der Waals surface area contributed by atoms with Crippen LogP contribution in [-0.2, 0) is 0 Å². The van der Waals surface area contributed by atoms with Crippen molar-refractivity contribution in [2.75, 3.05) is 0 Å². The van der Waals surface area contributed by atoms with Crippen LogP contribution >= 0.6 is 0 Å². The number of carbonyl (C=O) groups is 1. The van der Waals surface area contributed by atoms with Crippen molar-refractivity contribution in [3.63, 3.8) is 0 Å². The summed E-state index contributed by atoms with van der Waals surface area (Å²) in [5.41, 5.74) is 3.54. The smallest absolute Gasteiger partial charge is 0.159 e. The van der Waals surface area contributed by atoms with Gasteiger partial charge in [0.05, 0.1) is 0 Å². The van der Waals surface area contributed by atoms with Gasteiger partial charge in [-0.1, -0.05) is 12.1 Å². The fraction of sp³-hybridized carbons (Fsp3) is 0.417. The maximum atomic E-state index is 11.1. The molecule has 1 aromatic rings. The van der Waals surface area contributed by atoms with E-state index in [4.69, 9.17) is 0 Å². The molecule has 0 N–H and O–H groups in total. The zero-order valence-electron chi connectivity index (χ0n) is 8.13. The molecule has 0 saturated heterocycles. The highest BCUT2D eigenvalue weighted by Gasteiger charge is 2.24. The predicted molar refractivity (Wildman–Crippen MR) is 53.2 cm³/mol. The standard InChI is InChI=1S/C12H14O/c1-8-7-11(9(2)13)5-6-12(8)10-3-4-10/h5-7,10H,3-4H2,1-2H3. The molecule has 13 heavy (non-hydrogen) atoms. The van der Waals surface area contributed by atoms with Crippen LogP contribution in [0.4, 0.5) is 0 Å². The molecular weight excluding hydrogens is 160 g/mol. The zero-order chi connectivity index (χ0) is 9.42. The molecule has 0 aromatic heterocycles. The van der Waals surface area contributed by atoms with Crippen molar-refractivity contribution < 1.29 is 4.79 Å². The minimum Gasteiger partial charge on any atom is -0.295 e. The molecule has 1 nitrogen and oxygen atoms in total. The Morgan fingerprint density at radius 3 is 2.54 bits per heavy atom. The van der Waals surface area contributed by atoms with Crippen LogP contribution < -0.4 is 0 Å². The maximum absolute atomic E-state index is 11.1. The number of hydrogen-bond acceptors (Lipinski definition) is 1. The molecule has 1 aliphatic rings. The first kappa shape index (κ1) is 8.49. The van der Waals surface area contributed by atoms with E-state index in [1.807, 2.05) is 12.1 Å². The number of hydrogen-bond donors (Lipinski definition) is 0. The van der Waals surface area contributed by atoms with Crippen molar-refractivity contribution in [2.24, 2.45) is 0 Å². The van der Waals surface area contributed by atoms with Gasteiger partial charge in [-0.25, -0.2) is 0 Å². The van der Waals surface area contributed by atoms with Gasteiger partial charge in [0.2, 0.25) is 0 Å². The first-order valence-corrected chi connectivity index (χ1v) is 4.80. The minimum atomic E-state index is 0.158. The minimum absolute atomic E-state index is 0.158. The van der Waals surface area contributed by atoms with Gasteiger partial charge >= 0.3 is 0 Å². The highest BCUT2D eigenvalue weighted by Crippen LogP contribution is 2.41. The lowest BCUT2D eigenvalue weighted by Crippen LogP contribution is -1.94. The van der Waals surface area contributed by atoms with Gasteiger partial charge in [0.1, 0.15) is 0 Å². The van der Waals surface area contributed by atoms with Gasteiger partial charge in [-0.3, -0.25) is 4.79 Å². The maximum Gasteiger partial charge on any atom is 0.159 e. The molecule has 0 spiro atoms. The molecule has 0 unspecified atom stereocenters. The molecule has 0 atom stereocenters. The molecular formula is C12H14O. The second-order valence-electron chi connectivity index (χ2n) is 3.90. The van der Waals surface area contributed by atoms with Gasteiger partial charge in [-0.15, -0.1) is 0 Å². The lowest BCUT2D eigenvalue weighted by molar-refractivity contribution is 0.101. The van der Waals surface area contributed by atoms with Crippen LogP contribution in [0.3, 0.4) is 0 Å². The van der Waals surface area contributed by atoms with Gasteiger partial charge in [0.25, 0.3) is 0 Å². The highest BCUT2D eigenvalue weighted by molar-refractivity contribution is 5.94. The first-order valence-electron chi connectivity index (χ1n) is 4.80. The van der Waals surface area contributed by atoms with Crippen molar-refractivity contribution in [3.8, 4) is 0 Å². The molecule has 0 aliphatic heterocycles. The normalized spacial score (nSPS) is 15.8. The van der Waals surface area contributed by atoms with Gasteiger partial charge < -0.3 is 0 Å². The zero-order valence-corrected chi connectivity index (χ0v) is 8.13. The Hall–Kier alpha value is -1.11. The Bertz CT molecular complexity index is 348. The quantitative estimate of drug-likeness (QED) is 0.630. The summed E-state index contributed by atoms with van der Waals surface area (Å²) in [6, 6.07) is 6.07. The van der Waals surface area contributed by atoms with Crippen molar-refractivity contribution in [1.82, 2.24) is 0 Å². The Morgan fingerprint density at radius 2 is 2.08 bits per heavy atom. The summed E-state index contributed by atoms with van der Waals surface area (Å²) < 4.78 is 0. The van der Waals surface area contributed by atoms with Crippen LogP contribution in [0.15, 0.2) is 18.2 Å². The van der Waals surface area contributed by atoms with E-state index in [2.05, 4.69) is 13.0 Å². The first-order chi connectivity index (χ1) is 6.18. The van der Waals surface area contributed by atoms with Crippen molar-refractivity contribution in [1.29, 1.82) is 0 Å². The fourth-order valence-corrected chi connectivity index (χ4v) is 1.75. The second-order valence-corrected chi connectivity index (χ2v) is 3.90. The Kier molecular flexibility index (Phi) is 1.95. The summed E-state index contributed by atoms with van der Waals surface area (Å²) in [6.07, 6.45) is 2.64. The largest absolute Gasteiger partial charge is 0.295 e. The summed E-state index contributed by atoms with van der Waals surface area (Å²) in [7, 11) is 0. The average Bonchev–Trinajstić information content (AvgIpc) is 2.87. The van der Waals surface area contributed by atoms with E-state index in [0.717, 1.165) is 11.5 Å². The lowest BCUT2D eigenvalue weighted by Gasteiger charge is -2.04. The van der Waals surface area contributed by atoms with Crippen LogP contribution in [0.2, 0.25) is 0 Å². The molecule has 1 aliphatic carbocycles. The SMILES string of the molecule is CC(=O)c1ccc(C2CC2)c(C)c1. The van der Waals surface area contributed by atoms with E-state index in [1.165, 1.54) is 24.0 Å². The molecule has 68 valence electrons. The molecule has 0 amide bonds. The van der Waals surface area contributed by atoms with Crippen LogP contribution in [0.25, 0.3) is 0 Å². The number of rotatable bonds is 2. The molecule has 1 aromatic carbocycles. The average molecular weight is 174 g/mol. The third kappa shape index (κ3) is 1.64. The Morgan fingerprint density at radius 1 is 1.38 bits per heavy atom. The van der Waals surface area contributed by atoms with E-state index in [-0.39, 0.29) is 5.78 Å². The second kappa shape index (κ2) is 2.99. The van der Waals surface area contributed by atoms with Crippen LogP contribution in [0.5, 0.6) is 0 Å². The monoisotopic (exact) mass is 174 g/mol. The Balaban J connectivity index is 2.36. The number of ketones is 1. The van der Waals surface area contributed by atoms with Crippen molar-refractivity contribution in [2.45, 2.75) is 32.6 Å². The highest BCUT2D eigenvalue weighted by atomic mass is 16.1. The molecule has 2 rings (SSSR count). The van der Waals surface area contributed by atoms with Gasteiger partial charge in [-0.05, 0) is 49.8 Å². The summed E-state index contributed by atoms with van der Waals surface area (Å²) in [4.78, 5) is 11.1. The molecule has 0 bridgehead atoms. The number of benzene rings is 1. The van der Waals surface area contributed by atoms with Gasteiger partial charge in [-0.2, -0.15) is 0 Å². The van der Waals surface area contributed by atoms with E-state index in [9.17, 15) is 4.79 Å². The Labute approximate surface area is 78.8 Å². The fourth-order valence-electron chi connectivity index (χ4n) is 1.75. The third-order valence-electron chi connectivity index (χ3n) is 2.69. The van der Waals surface area contributed by atoms with Gasteiger partial charge in [0, 0.05) is 5.56 Å². The number of aryl methyl sites for hydroxylation is 1. The lowest BCUT2D eigenvalue weighted by atomic mass is 10.0. The molecule has 1 saturated carbocycles. The number of Topliss-reactive ketones (excluding diaryl/α,β-unsaturated/α-hetero) is 1. The van der Waals surface area contributed by atoms with E-state index >= 15 is 0 Å². The summed E-state index contributed by atoms with van der Waals surface area (Å²) >= 11 is 0. The van der Waals surface area contributed by atoms with E-state index in [0.29, 0.717) is 0 Å². The third-order valence-corrected chi connectivity index (χ3v) is 2.69. The van der Waals surface area contributed by atoms with Crippen molar-refractivity contribution >= 4 is 5.78 Å². The summed E-state index contributed by atoms with van der Waals surface area (Å²) in [5, 5.41) is 0.